The topological polar surface area (TPSA) is 105 Å². The number of hydrogen-bond acceptors (Lipinski definition) is 6. The summed E-state index contributed by atoms with van der Waals surface area (Å²) in [6.07, 6.45) is -0.687. The maximum atomic E-state index is 12.3. The van der Waals surface area contributed by atoms with Gasteiger partial charge in [0.05, 0.1) is 26.3 Å². The lowest BCUT2D eigenvalue weighted by atomic mass is 10.2. The summed E-state index contributed by atoms with van der Waals surface area (Å²) < 4.78 is 8.19. The number of nitrogens with one attached hydrogen (secondary N) is 1. The van der Waals surface area contributed by atoms with Gasteiger partial charge in [-0.05, 0) is 12.1 Å². The second-order valence-corrected chi connectivity index (χ2v) is 5.98. The first-order chi connectivity index (χ1) is 12.0. The van der Waals surface area contributed by atoms with Gasteiger partial charge in [-0.1, -0.05) is 6.07 Å². The Balaban J connectivity index is 1.99. The third-order valence-electron chi connectivity index (χ3n) is 4.38. The number of β-amino-alcohol motifs (C(OH)–C–C–N with tert-alkyl or cyclic N) is 1. The van der Waals surface area contributed by atoms with Gasteiger partial charge in [0.25, 0.3) is 5.56 Å². The minimum absolute atomic E-state index is 0.230. The van der Waals surface area contributed by atoms with Crippen molar-refractivity contribution in [1.29, 1.82) is 0 Å². The summed E-state index contributed by atoms with van der Waals surface area (Å²) in [6, 6.07) is 7.35. The van der Waals surface area contributed by atoms with Gasteiger partial charge >= 0.3 is 5.69 Å². The summed E-state index contributed by atoms with van der Waals surface area (Å²) in [5.41, 5.74) is 0.281. The standard InChI is InChI=1S/C16H17N5O4/c1-19-13-12(14(23)18-16(19)24)21-8-10(22)7-20(15(21)17-13)9-4-3-5-11(6-9)25-2/h3-6,10,22H,7-8H2,1-2H3,(H,18,23,24)/t10-/m0/s1. The van der Waals surface area contributed by atoms with E-state index in [-0.39, 0.29) is 17.7 Å². The average molecular weight is 343 g/mol. The maximum absolute atomic E-state index is 12.3. The third kappa shape index (κ3) is 2.31. The zero-order valence-corrected chi connectivity index (χ0v) is 13.8. The number of anilines is 2. The van der Waals surface area contributed by atoms with E-state index in [1.165, 1.54) is 4.57 Å². The third-order valence-corrected chi connectivity index (χ3v) is 4.38. The molecule has 1 aliphatic rings. The van der Waals surface area contributed by atoms with Crippen LogP contribution in [0.5, 0.6) is 5.75 Å². The first kappa shape index (κ1) is 15.5. The molecule has 25 heavy (non-hydrogen) atoms. The molecule has 2 aromatic heterocycles. The Hall–Kier alpha value is -3.07. The van der Waals surface area contributed by atoms with E-state index in [4.69, 9.17) is 4.74 Å². The molecule has 0 radical (unpaired) electrons. The van der Waals surface area contributed by atoms with Crippen LogP contribution in [0.3, 0.4) is 0 Å². The molecule has 9 nitrogen and oxygen atoms in total. The van der Waals surface area contributed by atoms with Crippen molar-refractivity contribution in [3.63, 3.8) is 0 Å². The van der Waals surface area contributed by atoms with E-state index < -0.39 is 17.4 Å². The first-order valence-corrected chi connectivity index (χ1v) is 7.79. The molecule has 0 saturated heterocycles. The second-order valence-electron chi connectivity index (χ2n) is 5.98. The van der Waals surface area contributed by atoms with E-state index in [2.05, 4.69) is 9.97 Å². The van der Waals surface area contributed by atoms with E-state index in [1.54, 1.807) is 23.6 Å². The monoisotopic (exact) mass is 343 g/mol. The molecule has 3 heterocycles. The second kappa shape index (κ2) is 5.49. The number of benzene rings is 1. The van der Waals surface area contributed by atoms with E-state index in [9.17, 15) is 14.7 Å². The molecule has 2 N–H and O–H groups in total. The van der Waals surface area contributed by atoms with Crippen molar-refractivity contribution >= 4 is 22.8 Å². The SMILES string of the molecule is COc1cccc(N2C[C@H](O)Cn3c2nc2c3c(=O)[nH]c(=O)n2C)c1. The minimum atomic E-state index is -0.687. The molecule has 130 valence electrons. The Bertz CT molecular complexity index is 1080. The van der Waals surface area contributed by atoms with Crippen LogP contribution in [0.2, 0.25) is 0 Å². The van der Waals surface area contributed by atoms with Gasteiger partial charge in [-0.25, -0.2) is 4.79 Å². The van der Waals surface area contributed by atoms with Crippen molar-refractivity contribution in [2.45, 2.75) is 12.6 Å². The minimum Gasteiger partial charge on any atom is -0.497 e. The number of H-pyrrole nitrogens is 1. The Morgan fingerprint density at radius 2 is 2.12 bits per heavy atom. The van der Waals surface area contributed by atoms with E-state index >= 15 is 0 Å². The fraction of sp³-hybridized carbons (Fsp3) is 0.312. The summed E-state index contributed by atoms with van der Waals surface area (Å²) in [5.74, 6) is 1.17. The van der Waals surface area contributed by atoms with Crippen molar-refractivity contribution in [1.82, 2.24) is 19.1 Å². The number of aliphatic hydroxyl groups is 1. The summed E-state index contributed by atoms with van der Waals surface area (Å²) in [6.45, 7) is 0.552. The Morgan fingerprint density at radius 3 is 2.88 bits per heavy atom. The number of methoxy groups -OCH3 is 1. The molecule has 0 spiro atoms. The summed E-state index contributed by atoms with van der Waals surface area (Å²) in [5, 5.41) is 10.3. The molecule has 3 aromatic rings. The number of aliphatic hydroxyl groups excluding tert-OH is 1. The van der Waals surface area contributed by atoms with Crippen LogP contribution in [0.25, 0.3) is 11.2 Å². The van der Waals surface area contributed by atoms with Gasteiger partial charge in [0.1, 0.15) is 5.75 Å². The summed E-state index contributed by atoms with van der Waals surface area (Å²) in [4.78, 5) is 32.7. The molecular formula is C16H17N5O4. The van der Waals surface area contributed by atoms with Crippen molar-refractivity contribution in [2.75, 3.05) is 18.6 Å². The fourth-order valence-corrected chi connectivity index (χ4v) is 3.16. The number of aryl methyl sites for hydroxylation is 1. The van der Waals surface area contributed by atoms with Crippen LogP contribution in [-0.2, 0) is 13.6 Å². The van der Waals surface area contributed by atoms with E-state index in [0.717, 1.165) is 5.69 Å². The molecule has 0 unspecified atom stereocenters. The number of ether oxygens (including phenoxy) is 1. The van der Waals surface area contributed by atoms with Gasteiger partial charge < -0.3 is 19.3 Å². The van der Waals surface area contributed by atoms with Crippen molar-refractivity contribution < 1.29 is 9.84 Å². The van der Waals surface area contributed by atoms with Crippen LogP contribution in [0.4, 0.5) is 11.6 Å². The lowest BCUT2D eigenvalue weighted by Crippen LogP contribution is -2.39. The highest BCUT2D eigenvalue weighted by Gasteiger charge is 2.29. The highest BCUT2D eigenvalue weighted by molar-refractivity contribution is 5.77. The molecule has 1 aromatic carbocycles. The Labute approximate surface area is 141 Å². The van der Waals surface area contributed by atoms with Crippen LogP contribution < -0.4 is 20.9 Å². The predicted molar refractivity (Wildman–Crippen MR) is 91.6 cm³/mol. The molecule has 1 aliphatic heterocycles. The normalized spacial score (nSPS) is 16.9. The molecule has 4 rings (SSSR count). The van der Waals surface area contributed by atoms with Gasteiger partial charge in [-0.2, -0.15) is 4.98 Å². The van der Waals surface area contributed by atoms with Crippen molar-refractivity contribution in [2.24, 2.45) is 7.05 Å². The number of fused-ring (bicyclic) bond motifs is 3. The van der Waals surface area contributed by atoms with Gasteiger partial charge in [0.2, 0.25) is 5.95 Å². The number of hydrogen-bond donors (Lipinski definition) is 2. The average Bonchev–Trinajstić information content (AvgIpc) is 2.99. The van der Waals surface area contributed by atoms with Crippen molar-refractivity contribution in [3.05, 3.63) is 45.1 Å². The van der Waals surface area contributed by atoms with Crippen molar-refractivity contribution in [3.8, 4) is 5.75 Å². The largest absolute Gasteiger partial charge is 0.497 e. The number of aromatic amines is 1. The van der Waals surface area contributed by atoms with Gasteiger partial charge in [-0.15, -0.1) is 0 Å². The number of imidazole rings is 1. The van der Waals surface area contributed by atoms with E-state index in [0.29, 0.717) is 18.2 Å². The molecule has 1 atom stereocenters. The molecule has 0 bridgehead atoms. The smallest absolute Gasteiger partial charge is 0.329 e. The lowest BCUT2D eigenvalue weighted by Gasteiger charge is -2.32. The Morgan fingerprint density at radius 1 is 1.32 bits per heavy atom. The quantitative estimate of drug-likeness (QED) is 0.676. The lowest BCUT2D eigenvalue weighted by molar-refractivity contribution is 0.154. The summed E-state index contributed by atoms with van der Waals surface area (Å²) in [7, 11) is 3.13. The molecule has 9 heteroatoms. The van der Waals surface area contributed by atoms with Gasteiger partial charge in [0, 0.05) is 18.8 Å². The molecule has 0 fully saturated rings. The number of nitrogens with zero attached hydrogens (tertiary/aromatic N) is 4. The van der Waals surface area contributed by atoms with Gasteiger partial charge in [0.15, 0.2) is 11.2 Å². The summed E-state index contributed by atoms with van der Waals surface area (Å²) >= 11 is 0. The van der Waals surface area contributed by atoms with Crippen LogP contribution in [-0.4, -0.2) is 44.0 Å². The van der Waals surface area contributed by atoms with Crippen LogP contribution in [0, 0.1) is 0 Å². The number of aromatic nitrogens is 4. The highest BCUT2D eigenvalue weighted by atomic mass is 16.5. The van der Waals surface area contributed by atoms with Crippen LogP contribution in [0.15, 0.2) is 33.9 Å². The molecule has 0 saturated carbocycles. The fourth-order valence-electron chi connectivity index (χ4n) is 3.16. The van der Waals surface area contributed by atoms with Gasteiger partial charge in [-0.3, -0.25) is 14.3 Å². The molecular weight excluding hydrogens is 326 g/mol. The first-order valence-electron chi connectivity index (χ1n) is 7.79. The Kier molecular flexibility index (Phi) is 3.39. The van der Waals surface area contributed by atoms with Crippen LogP contribution >= 0.6 is 0 Å². The maximum Gasteiger partial charge on any atom is 0.329 e. The highest BCUT2D eigenvalue weighted by Crippen LogP contribution is 2.32. The molecule has 0 amide bonds. The number of rotatable bonds is 2. The zero-order chi connectivity index (χ0) is 17.7. The molecule has 0 aliphatic carbocycles. The predicted octanol–water partition coefficient (Wildman–Crippen LogP) is -0.0555. The zero-order valence-electron chi connectivity index (χ0n) is 13.8. The van der Waals surface area contributed by atoms with E-state index in [1.807, 2.05) is 24.3 Å². The van der Waals surface area contributed by atoms with Crippen LogP contribution in [0.1, 0.15) is 0 Å².